The van der Waals surface area contributed by atoms with Crippen molar-refractivity contribution in [1.82, 2.24) is 14.9 Å². The van der Waals surface area contributed by atoms with Crippen LogP contribution in [0.1, 0.15) is 13.8 Å². The summed E-state index contributed by atoms with van der Waals surface area (Å²) < 4.78 is 0. The molecular formula is C11H21N5. The van der Waals surface area contributed by atoms with Crippen LogP contribution in [0.4, 0.5) is 11.6 Å². The number of nitrogens with zero attached hydrogens (tertiary/aromatic N) is 3. The van der Waals surface area contributed by atoms with Crippen LogP contribution in [0.15, 0.2) is 12.4 Å². The second-order valence-electron chi connectivity index (χ2n) is 5.08. The predicted octanol–water partition coefficient (Wildman–Crippen LogP) is 1.06. The van der Waals surface area contributed by atoms with Gasteiger partial charge in [-0.3, -0.25) is 0 Å². The molecule has 90 valence electrons. The molecule has 0 saturated heterocycles. The number of nitrogens with two attached hydrogens (primary N) is 1. The maximum absolute atomic E-state index is 5.58. The van der Waals surface area contributed by atoms with Crippen molar-refractivity contribution in [3.8, 4) is 0 Å². The normalized spacial score (nSPS) is 11.8. The number of rotatable bonds is 5. The predicted molar refractivity (Wildman–Crippen MR) is 67.3 cm³/mol. The molecule has 0 amide bonds. The van der Waals surface area contributed by atoms with Crippen molar-refractivity contribution < 1.29 is 0 Å². The number of nitrogen functional groups attached to an aromatic ring is 1. The molecule has 0 aliphatic carbocycles. The zero-order valence-corrected chi connectivity index (χ0v) is 10.5. The second kappa shape index (κ2) is 5.12. The lowest BCUT2D eigenvalue weighted by Crippen LogP contribution is -2.34. The average molecular weight is 223 g/mol. The SMILES string of the molecule is CN(C)CC(C)(C)CNc1cc(N)ncn1. The van der Waals surface area contributed by atoms with Gasteiger partial charge in [-0.25, -0.2) is 9.97 Å². The molecule has 1 aromatic heterocycles. The first kappa shape index (κ1) is 12.7. The van der Waals surface area contributed by atoms with Crippen molar-refractivity contribution in [3.63, 3.8) is 0 Å². The third kappa shape index (κ3) is 4.44. The Morgan fingerprint density at radius 1 is 1.38 bits per heavy atom. The minimum absolute atomic E-state index is 0.184. The van der Waals surface area contributed by atoms with E-state index in [0.717, 1.165) is 18.9 Å². The van der Waals surface area contributed by atoms with E-state index in [-0.39, 0.29) is 5.41 Å². The largest absolute Gasteiger partial charge is 0.384 e. The molecule has 1 aromatic rings. The van der Waals surface area contributed by atoms with Gasteiger partial charge in [-0.2, -0.15) is 0 Å². The Balaban J connectivity index is 2.50. The first-order chi connectivity index (χ1) is 7.39. The van der Waals surface area contributed by atoms with Gasteiger partial charge in [0.1, 0.15) is 18.0 Å². The van der Waals surface area contributed by atoms with Crippen LogP contribution >= 0.6 is 0 Å². The molecule has 16 heavy (non-hydrogen) atoms. The highest BCUT2D eigenvalue weighted by Crippen LogP contribution is 2.17. The van der Waals surface area contributed by atoms with Crippen LogP contribution in [-0.2, 0) is 0 Å². The zero-order valence-electron chi connectivity index (χ0n) is 10.5. The Morgan fingerprint density at radius 3 is 2.62 bits per heavy atom. The fourth-order valence-electron chi connectivity index (χ4n) is 1.71. The lowest BCUT2D eigenvalue weighted by molar-refractivity contribution is 0.254. The van der Waals surface area contributed by atoms with Gasteiger partial charge in [0.2, 0.25) is 0 Å². The van der Waals surface area contributed by atoms with Crippen molar-refractivity contribution in [1.29, 1.82) is 0 Å². The molecule has 0 spiro atoms. The number of hydrogen-bond donors (Lipinski definition) is 2. The quantitative estimate of drug-likeness (QED) is 0.781. The highest BCUT2D eigenvalue weighted by atomic mass is 15.1. The molecule has 0 aromatic carbocycles. The molecule has 0 atom stereocenters. The highest BCUT2D eigenvalue weighted by Gasteiger charge is 2.18. The monoisotopic (exact) mass is 223 g/mol. The van der Waals surface area contributed by atoms with E-state index in [4.69, 9.17) is 5.73 Å². The van der Waals surface area contributed by atoms with Crippen LogP contribution in [0, 0.1) is 5.41 Å². The summed E-state index contributed by atoms with van der Waals surface area (Å²) in [6.07, 6.45) is 1.47. The van der Waals surface area contributed by atoms with Crippen molar-refractivity contribution in [2.24, 2.45) is 5.41 Å². The standard InChI is InChI=1S/C11H21N5/c1-11(2,7-16(3)4)6-13-10-5-9(12)14-8-15-10/h5,8H,6-7H2,1-4H3,(H3,12,13,14,15). The van der Waals surface area contributed by atoms with Crippen molar-refractivity contribution >= 4 is 11.6 Å². The fourth-order valence-corrected chi connectivity index (χ4v) is 1.71. The van der Waals surface area contributed by atoms with E-state index in [2.05, 4.69) is 48.1 Å². The lowest BCUT2D eigenvalue weighted by Gasteiger charge is -2.28. The van der Waals surface area contributed by atoms with Gasteiger partial charge in [0.25, 0.3) is 0 Å². The van der Waals surface area contributed by atoms with Gasteiger partial charge in [-0.1, -0.05) is 13.8 Å². The van der Waals surface area contributed by atoms with Crippen LogP contribution in [0.5, 0.6) is 0 Å². The van der Waals surface area contributed by atoms with Gasteiger partial charge in [0.05, 0.1) is 0 Å². The van der Waals surface area contributed by atoms with Crippen LogP contribution in [0.25, 0.3) is 0 Å². The van der Waals surface area contributed by atoms with Gasteiger partial charge in [-0.05, 0) is 19.5 Å². The topological polar surface area (TPSA) is 67.1 Å². The molecule has 3 N–H and O–H groups in total. The molecule has 0 fully saturated rings. The minimum Gasteiger partial charge on any atom is -0.384 e. The maximum atomic E-state index is 5.58. The van der Waals surface area contributed by atoms with Crippen LogP contribution in [0.3, 0.4) is 0 Å². The Hall–Kier alpha value is -1.36. The summed E-state index contributed by atoms with van der Waals surface area (Å²) in [4.78, 5) is 10.1. The fraction of sp³-hybridized carbons (Fsp3) is 0.636. The number of anilines is 2. The summed E-state index contributed by atoms with van der Waals surface area (Å²) in [7, 11) is 4.15. The molecule has 0 radical (unpaired) electrons. The van der Waals surface area contributed by atoms with Crippen molar-refractivity contribution in [3.05, 3.63) is 12.4 Å². The first-order valence-electron chi connectivity index (χ1n) is 5.35. The number of nitrogens with one attached hydrogen (secondary N) is 1. The summed E-state index contributed by atoms with van der Waals surface area (Å²) in [6.45, 7) is 6.29. The van der Waals surface area contributed by atoms with E-state index < -0.39 is 0 Å². The minimum atomic E-state index is 0.184. The van der Waals surface area contributed by atoms with Crippen molar-refractivity contribution in [2.75, 3.05) is 38.2 Å². The van der Waals surface area contributed by atoms with Gasteiger partial charge in [-0.15, -0.1) is 0 Å². The average Bonchev–Trinajstić information content (AvgIpc) is 2.13. The van der Waals surface area contributed by atoms with Crippen LogP contribution in [0.2, 0.25) is 0 Å². The van der Waals surface area contributed by atoms with Gasteiger partial charge in [0, 0.05) is 19.2 Å². The summed E-state index contributed by atoms with van der Waals surface area (Å²) in [5.41, 5.74) is 5.76. The molecule has 1 rings (SSSR count). The molecule has 0 saturated carbocycles. The summed E-state index contributed by atoms with van der Waals surface area (Å²) >= 11 is 0. The van der Waals surface area contributed by atoms with Crippen LogP contribution < -0.4 is 11.1 Å². The molecular weight excluding hydrogens is 202 g/mol. The lowest BCUT2D eigenvalue weighted by atomic mass is 9.93. The van der Waals surface area contributed by atoms with E-state index in [1.807, 2.05) is 0 Å². The van der Waals surface area contributed by atoms with E-state index in [1.54, 1.807) is 6.07 Å². The molecule has 5 heteroatoms. The van der Waals surface area contributed by atoms with Crippen LogP contribution in [-0.4, -0.2) is 42.1 Å². The Labute approximate surface area is 97.1 Å². The molecule has 0 unspecified atom stereocenters. The third-order valence-corrected chi connectivity index (χ3v) is 2.18. The smallest absolute Gasteiger partial charge is 0.131 e. The van der Waals surface area contributed by atoms with Crippen molar-refractivity contribution in [2.45, 2.75) is 13.8 Å². The Bertz CT molecular complexity index is 335. The summed E-state index contributed by atoms with van der Waals surface area (Å²) in [5.74, 6) is 1.27. The number of hydrogen-bond acceptors (Lipinski definition) is 5. The third-order valence-electron chi connectivity index (χ3n) is 2.18. The van der Waals surface area contributed by atoms with Gasteiger partial charge in [0.15, 0.2) is 0 Å². The van der Waals surface area contributed by atoms with E-state index in [1.165, 1.54) is 6.33 Å². The number of aromatic nitrogens is 2. The van der Waals surface area contributed by atoms with E-state index in [0.29, 0.717) is 5.82 Å². The molecule has 0 aliphatic heterocycles. The van der Waals surface area contributed by atoms with E-state index in [9.17, 15) is 0 Å². The maximum Gasteiger partial charge on any atom is 0.131 e. The Morgan fingerprint density at radius 2 is 2.06 bits per heavy atom. The molecule has 0 aliphatic rings. The molecule has 5 nitrogen and oxygen atoms in total. The van der Waals surface area contributed by atoms with Gasteiger partial charge >= 0.3 is 0 Å². The first-order valence-corrected chi connectivity index (χ1v) is 5.35. The second-order valence-corrected chi connectivity index (χ2v) is 5.08. The van der Waals surface area contributed by atoms with Gasteiger partial charge < -0.3 is 16.0 Å². The van der Waals surface area contributed by atoms with E-state index >= 15 is 0 Å². The molecule has 0 bridgehead atoms. The summed E-state index contributed by atoms with van der Waals surface area (Å²) in [5, 5.41) is 3.27. The molecule has 1 heterocycles. The summed E-state index contributed by atoms with van der Waals surface area (Å²) in [6, 6.07) is 1.74. The zero-order chi connectivity index (χ0) is 12.2. The highest BCUT2D eigenvalue weighted by molar-refractivity contribution is 5.43. The Kier molecular flexibility index (Phi) is 4.06.